The third-order valence-electron chi connectivity index (χ3n) is 3.90. The summed E-state index contributed by atoms with van der Waals surface area (Å²) in [4.78, 5) is 14.4. The summed E-state index contributed by atoms with van der Waals surface area (Å²) in [5, 5.41) is 3.32. The lowest BCUT2D eigenvalue weighted by Gasteiger charge is -2.25. The molecule has 1 fully saturated rings. The van der Waals surface area contributed by atoms with Crippen molar-refractivity contribution in [3.63, 3.8) is 0 Å². The van der Waals surface area contributed by atoms with Gasteiger partial charge in [-0.05, 0) is 24.8 Å². The van der Waals surface area contributed by atoms with Gasteiger partial charge in [0.2, 0.25) is 5.91 Å². The number of nitrogens with one attached hydrogen (secondary N) is 1. The Balaban J connectivity index is 1.85. The summed E-state index contributed by atoms with van der Waals surface area (Å²) in [5.74, 6) is 0.302. The lowest BCUT2D eigenvalue weighted by molar-refractivity contribution is -0.131. The van der Waals surface area contributed by atoms with Gasteiger partial charge in [-0.15, -0.1) is 0 Å². The molecular formula is C17H26N2O. The van der Waals surface area contributed by atoms with E-state index in [1.165, 1.54) is 5.56 Å². The van der Waals surface area contributed by atoms with Crippen LogP contribution in [-0.4, -0.2) is 36.0 Å². The Morgan fingerprint density at radius 3 is 2.80 bits per heavy atom. The van der Waals surface area contributed by atoms with E-state index in [1.807, 2.05) is 6.07 Å². The Bertz CT molecular complexity index is 416. The van der Waals surface area contributed by atoms with E-state index in [2.05, 4.69) is 48.3 Å². The molecule has 1 aromatic carbocycles. The van der Waals surface area contributed by atoms with Gasteiger partial charge in [-0.25, -0.2) is 0 Å². The van der Waals surface area contributed by atoms with Gasteiger partial charge in [-0.3, -0.25) is 4.79 Å². The molecule has 0 aromatic heterocycles. The van der Waals surface area contributed by atoms with E-state index in [0.29, 0.717) is 24.4 Å². The first-order valence-electron chi connectivity index (χ1n) is 7.73. The van der Waals surface area contributed by atoms with E-state index in [1.54, 1.807) is 0 Å². The topological polar surface area (TPSA) is 32.3 Å². The number of amides is 1. The van der Waals surface area contributed by atoms with E-state index in [9.17, 15) is 4.79 Å². The molecular weight excluding hydrogens is 248 g/mol. The molecule has 1 heterocycles. The van der Waals surface area contributed by atoms with Gasteiger partial charge in [-0.1, -0.05) is 44.2 Å². The van der Waals surface area contributed by atoms with Crippen LogP contribution in [0.2, 0.25) is 0 Å². The van der Waals surface area contributed by atoms with E-state index < -0.39 is 0 Å². The van der Waals surface area contributed by atoms with Crippen LogP contribution in [0.3, 0.4) is 0 Å². The zero-order valence-corrected chi connectivity index (χ0v) is 12.6. The highest BCUT2D eigenvalue weighted by Gasteiger charge is 2.28. The fourth-order valence-corrected chi connectivity index (χ4v) is 2.87. The van der Waals surface area contributed by atoms with Gasteiger partial charge < -0.3 is 10.2 Å². The summed E-state index contributed by atoms with van der Waals surface area (Å²) in [6.45, 7) is 5.93. The first-order chi connectivity index (χ1) is 9.66. The van der Waals surface area contributed by atoms with Crippen molar-refractivity contribution in [2.45, 2.75) is 51.6 Å². The van der Waals surface area contributed by atoms with E-state index in [0.717, 1.165) is 32.4 Å². The van der Waals surface area contributed by atoms with Crippen LogP contribution in [-0.2, 0) is 11.2 Å². The highest BCUT2D eigenvalue weighted by molar-refractivity contribution is 5.77. The third kappa shape index (κ3) is 4.34. The van der Waals surface area contributed by atoms with Crippen LogP contribution >= 0.6 is 0 Å². The van der Waals surface area contributed by atoms with E-state index in [-0.39, 0.29) is 0 Å². The maximum atomic E-state index is 12.3. The molecule has 3 heteroatoms. The van der Waals surface area contributed by atoms with Gasteiger partial charge in [0.05, 0.1) is 0 Å². The number of rotatable bonds is 6. The molecule has 3 nitrogen and oxygen atoms in total. The number of hydrogen-bond donors (Lipinski definition) is 1. The van der Waals surface area contributed by atoms with Crippen molar-refractivity contribution in [3.05, 3.63) is 35.9 Å². The molecule has 1 atom stereocenters. The summed E-state index contributed by atoms with van der Waals surface area (Å²) >= 11 is 0. The van der Waals surface area contributed by atoms with Crippen molar-refractivity contribution in [3.8, 4) is 0 Å². The van der Waals surface area contributed by atoms with E-state index in [4.69, 9.17) is 0 Å². The maximum Gasteiger partial charge on any atom is 0.224 e. The summed E-state index contributed by atoms with van der Waals surface area (Å²) < 4.78 is 0. The molecule has 0 saturated carbocycles. The number of likely N-dealkylation sites (tertiary alicyclic amines) is 1. The lowest BCUT2D eigenvalue weighted by Crippen LogP contribution is -2.38. The summed E-state index contributed by atoms with van der Waals surface area (Å²) in [6, 6.07) is 11.3. The van der Waals surface area contributed by atoms with Crippen molar-refractivity contribution >= 4 is 5.91 Å². The molecule has 1 aliphatic heterocycles. The highest BCUT2D eigenvalue weighted by atomic mass is 16.2. The van der Waals surface area contributed by atoms with Crippen LogP contribution in [0.15, 0.2) is 30.3 Å². The summed E-state index contributed by atoms with van der Waals surface area (Å²) in [6.07, 6.45) is 3.88. The number of carbonyl (C=O) groups is 1. The molecule has 0 radical (unpaired) electrons. The molecule has 2 rings (SSSR count). The third-order valence-corrected chi connectivity index (χ3v) is 3.90. The molecule has 0 bridgehead atoms. The minimum atomic E-state index is 0.302. The molecule has 0 spiro atoms. The van der Waals surface area contributed by atoms with Gasteiger partial charge in [0.25, 0.3) is 0 Å². The minimum absolute atomic E-state index is 0.302. The molecule has 1 aromatic rings. The predicted octanol–water partition coefficient (Wildman–Crippen LogP) is 2.61. The van der Waals surface area contributed by atoms with Crippen molar-refractivity contribution in [1.29, 1.82) is 0 Å². The van der Waals surface area contributed by atoms with Crippen molar-refractivity contribution < 1.29 is 4.79 Å². The molecule has 1 aliphatic rings. The molecule has 20 heavy (non-hydrogen) atoms. The second-order valence-corrected chi connectivity index (χ2v) is 5.93. The molecule has 110 valence electrons. The fourth-order valence-electron chi connectivity index (χ4n) is 2.87. The molecule has 1 saturated heterocycles. The second-order valence-electron chi connectivity index (χ2n) is 5.93. The average molecular weight is 274 g/mol. The zero-order valence-electron chi connectivity index (χ0n) is 12.6. The Morgan fingerprint density at radius 2 is 2.10 bits per heavy atom. The second kappa shape index (κ2) is 7.44. The maximum absolute atomic E-state index is 12.3. The Labute approximate surface area is 122 Å². The van der Waals surface area contributed by atoms with E-state index >= 15 is 0 Å². The van der Waals surface area contributed by atoms with Crippen LogP contribution in [0.25, 0.3) is 0 Å². The Kier molecular flexibility index (Phi) is 5.60. The first kappa shape index (κ1) is 15.0. The molecule has 1 unspecified atom stereocenters. The quantitative estimate of drug-likeness (QED) is 0.865. The van der Waals surface area contributed by atoms with Crippen LogP contribution < -0.4 is 5.32 Å². The largest absolute Gasteiger partial charge is 0.339 e. The number of nitrogens with zero attached hydrogens (tertiary/aromatic N) is 1. The highest BCUT2D eigenvalue weighted by Crippen LogP contribution is 2.21. The van der Waals surface area contributed by atoms with Crippen molar-refractivity contribution in [2.75, 3.05) is 13.1 Å². The number of hydrogen-bond acceptors (Lipinski definition) is 2. The van der Waals surface area contributed by atoms with Gasteiger partial charge in [-0.2, -0.15) is 0 Å². The van der Waals surface area contributed by atoms with Crippen LogP contribution in [0.4, 0.5) is 0 Å². The van der Waals surface area contributed by atoms with Crippen molar-refractivity contribution in [2.24, 2.45) is 0 Å². The van der Waals surface area contributed by atoms with Crippen LogP contribution in [0.5, 0.6) is 0 Å². The first-order valence-corrected chi connectivity index (χ1v) is 7.73. The lowest BCUT2D eigenvalue weighted by atomic mass is 10.0. The molecule has 1 N–H and O–H groups in total. The fraction of sp³-hybridized carbons (Fsp3) is 0.588. The SMILES string of the molecule is CC(C)NCCC(=O)N1CCCC1Cc1ccccc1. The Morgan fingerprint density at radius 1 is 1.35 bits per heavy atom. The molecule has 0 aliphatic carbocycles. The van der Waals surface area contributed by atoms with Crippen LogP contribution in [0.1, 0.15) is 38.7 Å². The Hall–Kier alpha value is -1.35. The van der Waals surface area contributed by atoms with Gasteiger partial charge in [0.15, 0.2) is 0 Å². The zero-order chi connectivity index (χ0) is 14.4. The predicted molar refractivity (Wildman–Crippen MR) is 82.6 cm³/mol. The van der Waals surface area contributed by atoms with Gasteiger partial charge in [0, 0.05) is 31.6 Å². The smallest absolute Gasteiger partial charge is 0.224 e. The summed E-state index contributed by atoms with van der Waals surface area (Å²) in [5.41, 5.74) is 1.33. The normalized spacial score (nSPS) is 18.8. The van der Waals surface area contributed by atoms with Gasteiger partial charge >= 0.3 is 0 Å². The van der Waals surface area contributed by atoms with Crippen LogP contribution in [0, 0.1) is 0 Å². The standard InChI is InChI=1S/C17H26N2O/c1-14(2)18-11-10-17(20)19-12-6-9-16(19)13-15-7-4-3-5-8-15/h3-5,7-8,14,16,18H,6,9-13H2,1-2H3. The monoisotopic (exact) mass is 274 g/mol. The summed E-state index contributed by atoms with van der Waals surface area (Å²) in [7, 11) is 0. The number of benzene rings is 1. The van der Waals surface area contributed by atoms with Gasteiger partial charge in [0.1, 0.15) is 0 Å². The molecule has 1 amide bonds. The average Bonchev–Trinajstić information content (AvgIpc) is 2.87. The van der Waals surface area contributed by atoms with Crippen molar-refractivity contribution in [1.82, 2.24) is 10.2 Å². The minimum Gasteiger partial charge on any atom is -0.339 e. The number of carbonyl (C=O) groups excluding carboxylic acids is 1.